The molecule has 7 heteroatoms. The third kappa shape index (κ3) is 5.04. The van der Waals surface area contributed by atoms with Crippen molar-refractivity contribution in [1.29, 1.82) is 0 Å². The molecule has 0 saturated carbocycles. The van der Waals surface area contributed by atoms with Crippen LogP contribution in [0.15, 0.2) is 54.9 Å². The van der Waals surface area contributed by atoms with Gasteiger partial charge in [-0.3, -0.25) is 9.88 Å². The number of nitrogens with zero attached hydrogens (tertiary/aromatic N) is 2. The molecule has 0 aliphatic carbocycles. The molecule has 1 heterocycles. The Morgan fingerprint density at radius 3 is 2.03 bits per heavy atom. The van der Waals surface area contributed by atoms with E-state index in [0.29, 0.717) is 30.3 Å². The van der Waals surface area contributed by atoms with Crippen LogP contribution >= 0.6 is 0 Å². The number of ether oxygens (including phenoxy) is 3. The van der Waals surface area contributed by atoms with E-state index < -0.39 is 11.6 Å². The van der Waals surface area contributed by atoms with E-state index in [4.69, 9.17) is 14.2 Å². The van der Waals surface area contributed by atoms with Crippen LogP contribution in [0.1, 0.15) is 16.7 Å². The average Bonchev–Trinajstić information content (AvgIpc) is 2.76. The first-order chi connectivity index (χ1) is 14.5. The second kappa shape index (κ2) is 10.0. The zero-order valence-corrected chi connectivity index (χ0v) is 17.2. The molecule has 0 amide bonds. The van der Waals surface area contributed by atoms with Crippen LogP contribution in [0, 0.1) is 11.6 Å². The molecule has 0 aliphatic rings. The Morgan fingerprint density at radius 2 is 1.43 bits per heavy atom. The standard InChI is InChI=1S/C23H24F2N2O3/c1-28-20-11-17(12-21(29-2)23(20)30-3)14-27(13-16-7-9-26-10-8-16)15-18-5-4-6-19(24)22(18)25/h4-12H,13-15H2,1-3H3. The Labute approximate surface area is 174 Å². The molecule has 0 bridgehead atoms. The first-order valence-corrected chi connectivity index (χ1v) is 9.38. The van der Waals surface area contributed by atoms with E-state index in [9.17, 15) is 8.78 Å². The van der Waals surface area contributed by atoms with Crippen molar-refractivity contribution in [2.24, 2.45) is 0 Å². The van der Waals surface area contributed by atoms with Crippen LogP contribution in [0.4, 0.5) is 8.78 Å². The lowest BCUT2D eigenvalue weighted by Gasteiger charge is -2.24. The van der Waals surface area contributed by atoms with Crippen molar-refractivity contribution in [3.05, 3.63) is 83.2 Å². The van der Waals surface area contributed by atoms with Gasteiger partial charge in [-0.15, -0.1) is 0 Å². The molecule has 1 aromatic heterocycles. The SMILES string of the molecule is COc1cc(CN(Cc2ccncc2)Cc2cccc(F)c2F)cc(OC)c1OC. The highest BCUT2D eigenvalue weighted by molar-refractivity contribution is 5.53. The summed E-state index contributed by atoms with van der Waals surface area (Å²) in [6, 6.07) is 11.7. The second-order valence-electron chi connectivity index (χ2n) is 6.75. The summed E-state index contributed by atoms with van der Waals surface area (Å²) in [6.07, 6.45) is 3.41. The smallest absolute Gasteiger partial charge is 0.203 e. The third-order valence-corrected chi connectivity index (χ3v) is 4.71. The first kappa shape index (κ1) is 21.5. The van der Waals surface area contributed by atoms with Gasteiger partial charge in [0.2, 0.25) is 5.75 Å². The molecule has 0 N–H and O–H groups in total. The van der Waals surface area contributed by atoms with E-state index in [1.54, 1.807) is 39.8 Å². The van der Waals surface area contributed by atoms with Crippen LogP contribution in [-0.2, 0) is 19.6 Å². The summed E-state index contributed by atoms with van der Waals surface area (Å²) < 4.78 is 44.3. The fraction of sp³-hybridized carbons (Fsp3) is 0.261. The van der Waals surface area contributed by atoms with Gasteiger partial charge in [-0.25, -0.2) is 8.78 Å². The Morgan fingerprint density at radius 1 is 0.800 bits per heavy atom. The van der Waals surface area contributed by atoms with Crippen LogP contribution in [0.2, 0.25) is 0 Å². The van der Waals surface area contributed by atoms with Crippen LogP contribution in [0.5, 0.6) is 17.2 Å². The predicted molar refractivity (Wildman–Crippen MR) is 110 cm³/mol. The third-order valence-electron chi connectivity index (χ3n) is 4.71. The molecule has 2 aromatic carbocycles. The maximum Gasteiger partial charge on any atom is 0.203 e. The van der Waals surface area contributed by atoms with Crippen molar-refractivity contribution in [3.8, 4) is 17.2 Å². The van der Waals surface area contributed by atoms with Crippen LogP contribution in [0.3, 0.4) is 0 Å². The van der Waals surface area contributed by atoms with Crippen LogP contribution < -0.4 is 14.2 Å². The number of hydrogen-bond acceptors (Lipinski definition) is 5. The highest BCUT2D eigenvalue weighted by Gasteiger charge is 2.17. The molecule has 3 rings (SSSR count). The maximum atomic E-state index is 14.3. The Bertz CT molecular complexity index is 958. The highest BCUT2D eigenvalue weighted by Crippen LogP contribution is 2.38. The summed E-state index contributed by atoms with van der Waals surface area (Å²) in [5, 5.41) is 0. The Kier molecular flexibility index (Phi) is 7.19. The fourth-order valence-corrected chi connectivity index (χ4v) is 3.31. The van der Waals surface area contributed by atoms with Gasteiger partial charge in [0.25, 0.3) is 0 Å². The van der Waals surface area contributed by atoms with Gasteiger partial charge in [-0.2, -0.15) is 0 Å². The van der Waals surface area contributed by atoms with Crippen molar-refractivity contribution >= 4 is 0 Å². The van der Waals surface area contributed by atoms with E-state index in [0.717, 1.165) is 17.2 Å². The number of hydrogen-bond donors (Lipinski definition) is 0. The molecule has 0 aliphatic heterocycles. The van der Waals surface area contributed by atoms with E-state index in [-0.39, 0.29) is 12.1 Å². The summed E-state index contributed by atoms with van der Waals surface area (Å²) in [6.45, 7) is 1.20. The summed E-state index contributed by atoms with van der Waals surface area (Å²) in [4.78, 5) is 6.04. The van der Waals surface area contributed by atoms with Crippen LogP contribution in [-0.4, -0.2) is 31.2 Å². The van der Waals surface area contributed by atoms with E-state index in [2.05, 4.69) is 4.98 Å². The molecule has 5 nitrogen and oxygen atoms in total. The zero-order valence-electron chi connectivity index (χ0n) is 17.2. The topological polar surface area (TPSA) is 43.8 Å². The molecule has 0 radical (unpaired) electrons. The minimum absolute atomic E-state index is 0.225. The molecular formula is C23H24F2N2O3. The van der Waals surface area contributed by atoms with Gasteiger partial charge in [0.15, 0.2) is 23.1 Å². The van der Waals surface area contributed by atoms with Gasteiger partial charge < -0.3 is 14.2 Å². The van der Waals surface area contributed by atoms with Crippen molar-refractivity contribution in [3.63, 3.8) is 0 Å². The van der Waals surface area contributed by atoms with Crippen molar-refractivity contribution in [2.45, 2.75) is 19.6 Å². The number of methoxy groups -OCH3 is 3. The lowest BCUT2D eigenvalue weighted by molar-refractivity contribution is 0.241. The lowest BCUT2D eigenvalue weighted by Crippen LogP contribution is -2.23. The molecule has 0 unspecified atom stereocenters. The number of halogens is 2. The van der Waals surface area contributed by atoms with Crippen molar-refractivity contribution < 1.29 is 23.0 Å². The van der Waals surface area contributed by atoms with E-state index in [1.807, 2.05) is 29.2 Å². The van der Waals surface area contributed by atoms with E-state index in [1.165, 1.54) is 6.07 Å². The fourth-order valence-electron chi connectivity index (χ4n) is 3.31. The lowest BCUT2D eigenvalue weighted by atomic mass is 10.1. The normalized spacial score (nSPS) is 10.9. The summed E-state index contributed by atoms with van der Waals surface area (Å²) in [5.41, 5.74) is 2.18. The number of benzene rings is 2. The van der Waals surface area contributed by atoms with Gasteiger partial charge in [0, 0.05) is 37.6 Å². The molecule has 0 spiro atoms. The Balaban J connectivity index is 1.93. The average molecular weight is 414 g/mol. The minimum Gasteiger partial charge on any atom is -0.493 e. The van der Waals surface area contributed by atoms with Crippen LogP contribution in [0.25, 0.3) is 0 Å². The molecule has 158 valence electrons. The van der Waals surface area contributed by atoms with Gasteiger partial charge in [-0.05, 0) is 41.5 Å². The number of pyridine rings is 1. The van der Waals surface area contributed by atoms with E-state index >= 15 is 0 Å². The van der Waals surface area contributed by atoms with Gasteiger partial charge in [0.1, 0.15) is 0 Å². The van der Waals surface area contributed by atoms with Crippen molar-refractivity contribution in [1.82, 2.24) is 9.88 Å². The van der Waals surface area contributed by atoms with Gasteiger partial charge in [-0.1, -0.05) is 12.1 Å². The number of rotatable bonds is 9. The largest absolute Gasteiger partial charge is 0.493 e. The molecule has 0 fully saturated rings. The zero-order chi connectivity index (χ0) is 21.5. The second-order valence-corrected chi connectivity index (χ2v) is 6.75. The predicted octanol–water partition coefficient (Wildman–Crippen LogP) is 4.59. The monoisotopic (exact) mass is 414 g/mol. The van der Waals surface area contributed by atoms with Gasteiger partial charge >= 0.3 is 0 Å². The minimum atomic E-state index is -0.857. The summed E-state index contributed by atoms with van der Waals surface area (Å²) in [7, 11) is 4.65. The number of aromatic nitrogens is 1. The quantitative estimate of drug-likeness (QED) is 0.513. The molecular weight excluding hydrogens is 390 g/mol. The Hall–Kier alpha value is -3.19. The summed E-state index contributed by atoms with van der Waals surface area (Å²) in [5.74, 6) is -0.118. The molecule has 0 atom stereocenters. The highest BCUT2D eigenvalue weighted by atomic mass is 19.2. The molecule has 3 aromatic rings. The van der Waals surface area contributed by atoms with Crippen molar-refractivity contribution in [2.75, 3.05) is 21.3 Å². The summed E-state index contributed by atoms with van der Waals surface area (Å²) >= 11 is 0. The van der Waals surface area contributed by atoms with Gasteiger partial charge in [0.05, 0.1) is 21.3 Å². The first-order valence-electron chi connectivity index (χ1n) is 9.38. The maximum absolute atomic E-state index is 14.3. The molecule has 0 saturated heterocycles. The molecule has 30 heavy (non-hydrogen) atoms.